The summed E-state index contributed by atoms with van der Waals surface area (Å²) in [5.74, 6) is 0.430. The molecule has 6 nitrogen and oxygen atoms in total. The molecule has 6 heteroatoms. The number of aliphatic hydroxyl groups excluding tert-OH is 1. The Labute approximate surface area is 128 Å². The second-order valence-electron chi connectivity index (χ2n) is 5.38. The molecule has 3 rings (SSSR count). The minimum Gasteiger partial charge on any atom is -0.467 e. The molecule has 0 saturated carbocycles. The quantitative estimate of drug-likeness (QED) is 0.808. The van der Waals surface area contributed by atoms with Gasteiger partial charge in [0, 0.05) is 25.0 Å². The summed E-state index contributed by atoms with van der Waals surface area (Å²) >= 11 is 0. The fraction of sp³-hybridized carbons (Fsp3) is 0.312. The van der Waals surface area contributed by atoms with Gasteiger partial charge in [-0.05, 0) is 36.2 Å². The standard InChI is InChI=1S/C16H19N3O3/c1-19-7-6-11-4-5-12(9-13(11)19)18-16(21)17-10-14(20)15-3-2-8-22-15/h2-5,8-9,14,20H,6-7,10H2,1H3,(H2,17,18,21). The zero-order chi connectivity index (χ0) is 15.5. The van der Waals surface area contributed by atoms with Crippen LogP contribution in [0.15, 0.2) is 41.0 Å². The Bertz CT molecular complexity index is 655. The SMILES string of the molecule is CN1CCc2ccc(NC(=O)NCC(O)c3ccco3)cc21. The third-order valence-electron chi connectivity index (χ3n) is 3.80. The number of likely N-dealkylation sites (N-methyl/N-ethyl adjacent to an activating group) is 1. The Hall–Kier alpha value is -2.47. The highest BCUT2D eigenvalue weighted by atomic mass is 16.4. The molecule has 0 aliphatic carbocycles. The van der Waals surface area contributed by atoms with Crippen molar-refractivity contribution in [3.05, 3.63) is 47.9 Å². The van der Waals surface area contributed by atoms with Crippen molar-refractivity contribution in [2.75, 3.05) is 30.4 Å². The van der Waals surface area contributed by atoms with Gasteiger partial charge in [-0.2, -0.15) is 0 Å². The van der Waals surface area contributed by atoms with E-state index >= 15 is 0 Å². The van der Waals surface area contributed by atoms with E-state index in [1.807, 2.05) is 25.2 Å². The van der Waals surface area contributed by atoms with Crippen molar-refractivity contribution in [1.82, 2.24) is 5.32 Å². The molecule has 1 aliphatic heterocycles. The van der Waals surface area contributed by atoms with Crippen molar-refractivity contribution in [1.29, 1.82) is 0 Å². The van der Waals surface area contributed by atoms with E-state index in [1.165, 1.54) is 11.8 Å². The van der Waals surface area contributed by atoms with Crippen LogP contribution in [0.1, 0.15) is 17.4 Å². The summed E-state index contributed by atoms with van der Waals surface area (Å²) in [5, 5.41) is 15.2. The Kier molecular flexibility index (Phi) is 4.02. The van der Waals surface area contributed by atoms with E-state index in [4.69, 9.17) is 4.42 Å². The van der Waals surface area contributed by atoms with Crippen LogP contribution in [0, 0.1) is 0 Å². The summed E-state index contributed by atoms with van der Waals surface area (Å²) in [6, 6.07) is 8.89. The van der Waals surface area contributed by atoms with Crippen LogP contribution < -0.4 is 15.5 Å². The van der Waals surface area contributed by atoms with Crippen LogP contribution in [0.4, 0.5) is 16.2 Å². The van der Waals surface area contributed by atoms with E-state index in [1.54, 1.807) is 12.1 Å². The summed E-state index contributed by atoms with van der Waals surface area (Å²) in [6.45, 7) is 1.09. The van der Waals surface area contributed by atoms with Crippen molar-refractivity contribution < 1.29 is 14.3 Å². The van der Waals surface area contributed by atoms with Gasteiger partial charge in [-0.15, -0.1) is 0 Å². The first-order valence-electron chi connectivity index (χ1n) is 7.24. The lowest BCUT2D eigenvalue weighted by molar-refractivity contribution is 0.149. The summed E-state index contributed by atoms with van der Waals surface area (Å²) in [5.41, 5.74) is 3.17. The minimum atomic E-state index is -0.855. The average Bonchev–Trinajstić information content (AvgIpc) is 3.16. The molecule has 0 spiro atoms. The Morgan fingerprint density at radius 2 is 2.32 bits per heavy atom. The number of carbonyl (C=O) groups excluding carboxylic acids is 1. The highest BCUT2D eigenvalue weighted by molar-refractivity contribution is 5.90. The molecule has 2 amide bonds. The van der Waals surface area contributed by atoms with Gasteiger partial charge in [-0.3, -0.25) is 0 Å². The number of fused-ring (bicyclic) bond motifs is 1. The number of rotatable bonds is 4. The zero-order valence-electron chi connectivity index (χ0n) is 12.4. The maximum absolute atomic E-state index is 11.9. The fourth-order valence-corrected chi connectivity index (χ4v) is 2.56. The first-order valence-corrected chi connectivity index (χ1v) is 7.24. The molecule has 1 atom stereocenters. The van der Waals surface area contributed by atoms with Gasteiger partial charge in [-0.25, -0.2) is 4.79 Å². The van der Waals surface area contributed by atoms with Crippen LogP contribution in [0.5, 0.6) is 0 Å². The van der Waals surface area contributed by atoms with E-state index in [9.17, 15) is 9.90 Å². The van der Waals surface area contributed by atoms with Crippen molar-refractivity contribution >= 4 is 17.4 Å². The first-order chi connectivity index (χ1) is 10.6. The minimum absolute atomic E-state index is 0.0875. The molecule has 116 valence electrons. The molecule has 0 bridgehead atoms. The predicted octanol–water partition coefficient (Wildman–Crippen LogP) is 2.13. The molecule has 0 saturated heterocycles. The number of furan rings is 1. The second kappa shape index (κ2) is 6.11. The highest BCUT2D eigenvalue weighted by Crippen LogP contribution is 2.29. The zero-order valence-corrected chi connectivity index (χ0v) is 12.4. The fourth-order valence-electron chi connectivity index (χ4n) is 2.56. The van der Waals surface area contributed by atoms with Gasteiger partial charge in [0.05, 0.1) is 12.8 Å². The van der Waals surface area contributed by atoms with E-state index in [2.05, 4.69) is 15.5 Å². The maximum Gasteiger partial charge on any atom is 0.319 e. The van der Waals surface area contributed by atoms with Gasteiger partial charge < -0.3 is 25.1 Å². The second-order valence-corrected chi connectivity index (χ2v) is 5.38. The lowest BCUT2D eigenvalue weighted by atomic mass is 10.1. The summed E-state index contributed by atoms with van der Waals surface area (Å²) in [7, 11) is 2.04. The van der Waals surface area contributed by atoms with Crippen LogP contribution in [0.3, 0.4) is 0 Å². The smallest absolute Gasteiger partial charge is 0.319 e. The van der Waals surface area contributed by atoms with Crippen LogP contribution >= 0.6 is 0 Å². The highest BCUT2D eigenvalue weighted by Gasteiger charge is 2.16. The largest absolute Gasteiger partial charge is 0.467 e. The van der Waals surface area contributed by atoms with E-state index in [-0.39, 0.29) is 12.6 Å². The Morgan fingerprint density at radius 1 is 1.45 bits per heavy atom. The number of benzene rings is 1. The molecule has 3 N–H and O–H groups in total. The van der Waals surface area contributed by atoms with Gasteiger partial charge >= 0.3 is 6.03 Å². The molecule has 2 aromatic rings. The van der Waals surface area contributed by atoms with Crippen molar-refractivity contribution in [2.45, 2.75) is 12.5 Å². The lowest BCUT2D eigenvalue weighted by Crippen LogP contribution is -2.32. The number of hydrogen-bond donors (Lipinski definition) is 3. The Morgan fingerprint density at radius 3 is 3.09 bits per heavy atom. The van der Waals surface area contributed by atoms with Crippen LogP contribution in [0.25, 0.3) is 0 Å². The Balaban J connectivity index is 1.55. The molecule has 0 radical (unpaired) electrons. The van der Waals surface area contributed by atoms with Crippen LogP contribution in [-0.2, 0) is 6.42 Å². The normalized spacial score (nSPS) is 14.5. The van der Waals surface area contributed by atoms with Crippen LogP contribution in [-0.4, -0.2) is 31.3 Å². The van der Waals surface area contributed by atoms with Gasteiger partial charge in [0.25, 0.3) is 0 Å². The number of urea groups is 1. The van der Waals surface area contributed by atoms with Gasteiger partial charge in [-0.1, -0.05) is 6.07 Å². The van der Waals surface area contributed by atoms with Crippen LogP contribution in [0.2, 0.25) is 0 Å². The van der Waals surface area contributed by atoms with Crippen molar-refractivity contribution in [3.63, 3.8) is 0 Å². The lowest BCUT2D eigenvalue weighted by Gasteiger charge is -2.14. The molecule has 0 fully saturated rings. The molecular weight excluding hydrogens is 282 g/mol. The molecule has 1 aromatic heterocycles. The number of hydrogen-bond acceptors (Lipinski definition) is 4. The summed E-state index contributed by atoms with van der Waals surface area (Å²) < 4.78 is 5.08. The molecule has 1 aliphatic rings. The predicted molar refractivity (Wildman–Crippen MR) is 84.1 cm³/mol. The molecular formula is C16H19N3O3. The molecule has 22 heavy (non-hydrogen) atoms. The third kappa shape index (κ3) is 3.07. The number of anilines is 2. The van der Waals surface area contributed by atoms with Crippen molar-refractivity contribution in [3.8, 4) is 0 Å². The number of nitrogens with one attached hydrogen (secondary N) is 2. The van der Waals surface area contributed by atoms with Gasteiger partial charge in [0.1, 0.15) is 11.9 Å². The third-order valence-corrected chi connectivity index (χ3v) is 3.80. The van der Waals surface area contributed by atoms with Crippen molar-refractivity contribution in [2.24, 2.45) is 0 Å². The monoisotopic (exact) mass is 301 g/mol. The van der Waals surface area contributed by atoms with Gasteiger partial charge in [0.2, 0.25) is 0 Å². The molecule has 2 heterocycles. The van der Waals surface area contributed by atoms with E-state index in [0.29, 0.717) is 5.76 Å². The molecule has 1 aromatic carbocycles. The summed E-state index contributed by atoms with van der Waals surface area (Å²) in [6.07, 6.45) is 1.67. The van der Waals surface area contributed by atoms with Gasteiger partial charge in [0.15, 0.2) is 0 Å². The average molecular weight is 301 g/mol. The molecule has 1 unspecified atom stereocenters. The number of carbonyl (C=O) groups is 1. The topological polar surface area (TPSA) is 77.7 Å². The first kappa shape index (κ1) is 14.5. The summed E-state index contributed by atoms with van der Waals surface area (Å²) in [4.78, 5) is 14.1. The van der Waals surface area contributed by atoms with E-state index < -0.39 is 6.10 Å². The number of amides is 2. The number of aliphatic hydroxyl groups is 1. The maximum atomic E-state index is 11.9. The number of nitrogens with zero attached hydrogens (tertiary/aromatic N) is 1. The van der Waals surface area contributed by atoms with E-state index in [0.717, 1.165) is 24.3 Å².